The number of amides is 1. The number of nitrogens with zero attached hydrogens (tertiary/aromatic N) is 5. The predicted molar refractivity (Wildman–Crippen MR) is 130 cm³/mol. The van der Waals surface area contributed by atoms with Crippen molar-refractivity contribution in [1.82, 2.24) is 25.1 Å². The molecule has 174 valence electrons. The van der Waals surface area contributed by atoms with Gasteiger partial charge in [0, 0.05) is 36.0 Å². The molecule has 0 spiro atoms. The SMILES string of the molecule is CC(C)Nc1nc(SC(C)C)nc2c1cnn2CCNC(=O)/C=C\c1ccc([N+](=O)[O-])cc1. The van der Waals surface area contributed by atoms with Crippen molar-refractivity contribution in [1.29, 1.82) is 0 Å². The van der Waals surface area contributed by atoms with Crippen LogP contribution in [-0.4, -0.2) is 48.4 Å². The number of hydrogen-bond acceptors (Lipinski definition) is 8. The third-order valence-corrected chi connectivity index (χ3v) is 5.26. The Balaban J connectivity index is 1.65. The monoisotopic (exact) mass is 469 g/mol. The minimum atomic E-state index is -0.462. The van der Waals surface area contributed by atoms with Crippen LogP contribution in [0, 0.1) is 10.1 Å². The van der Waals surface area contributed by atoms with Gasteiger partial charge in [0.2, 0.25) is 5.91 Å². The van der Waals surface area contributed by atoms with Crippen molar-refractivity contribution in [3.8, 4) is 0 Å². The van der Waals surface area contributed by atoms with E-state index in [1.54, 1.807) is 40.8 Å². The number of fused-ring (bicyclic) bond motifs is 1. The number of aromatic nitrogens is 4. The number of nitro groups is 1. The van der Waals surface area contributed by atoms with Crippen LogP contribution in [0.5, 0.6) is 0 Å². The minimum absolute atomic E-state index is 0.00793. The summed E-state index contributed by atoms with van der Waals surface area (Å²) in [6, 6.07) is 6.19. The maximum Gasteiger partial charge on any atom is 0.269 e. The standard InChI is InChI=1S/C22H27N7O3S/c1-14(2)25-20-18-13-24-28(21(18)27-22(26-20)33-15(3)4)12-11-23-19(30)10-7-16-5-8-17(9-6-16)29(31)32/h5-10,13-15H,11-12H2,1-4H3,(H,23,30)(H,25,26,27)/b10-7-. The topological polar surface area (TPSA) is 128 Å². The first-order valence-electron chi connectivity index (χ1n) is 10.6. The molecule has 0 radical (unpaired) electrons. The smallest absolute Gasteiger partial charge is 0.269 e. The minimum Gasteiger partial charge on any atom is -0.367 e. The maximum absolute atomic E-state index is 12.2. The van der Waals surface area contributed by atoms with Gasteiger partial charge in [-0.15, -0.1) is 0 Å². The van der Waals surface area contributed by atoms with E-state index in [-0.39, 0.29) is 17.6 Å². The van der Waals surface area contributed by atoms with Gasteiger partial charge in [0.15, 0.2) is 10.8 Å². The molecule has 0 aliphatic heterocycles. The van der Waals surface area contributed by atoms with Gasteiger partial charge in [-0.05, 0) is 37.6 Å². The van der Waals surface area contributed by atoms with Crippen molar-refractivity contribution < 1.29 is 9.72 Å². The molecular formula is C22H27N7O3S. The van der Waals surface area contributed by atoms with E-state index >= 15 is 0 Å². The Morgan fingerprint density at radius 1 is 1.21 bits per heavy atom. The summed E-state index contributed by atoms with van der Waals surface area (Å²) in [5, 5.41) is 23.2. The quantitative estimate of drug-likeness (QED) is 0.150. The van der Waals surface area contributed by atoms with Gasteiger partial charge in [0.05, 0.1) is 23.1 Å². The van der Waals surface area contributed by atoms with Gasteiger partial charge in [-0.3, -0.25) is 14.9 Å². The van der Waals surface area contributed by atoms with Crippen molar-refractivity contribution in [2.75, 3.05) is 11.9 Å². The van der Waals surface area contributed by atoms with E-state index in [1.807, 2.05) is 13.8 Å². The molecule has 33 heavy (non-hydrogen) atoms. The molecule has 2 N–H and O–H groups in total. The van der Waals surface area contributed by atoms with Crippen LogP contribution in [0.25, 0.3) is 17.1 Å². The third-order valence-electron chi connectivity index (χ3n) is 4.40. The normalized spacial score (nSPS) is 11.6. The number of anilines is 1. The Morgan fingerprint density at radius 3 is 2.58 bits per heavy atom. The highest BCUT2D eigenvalue weighted by Gasteiger charge is 2.15. The molecule has 0 aliphatic carbocycles. The first-order chi connectivity index (χ1) is 15.7. The highest BCUT2D eigenvalue weighted by Crippen LogP contribution is 2.26. The molecule has 0 saturated carbocycles. The second-order valence-corrected chi connectivity index (χ2v) is 9.44. The van der Waals surface area contributed by atoms with Crippen molar-refractivity contribution in [3.05, 3.63) is 52.2 Å². The number of benzene rings is 1. The van der Waals surface area contributed by atoms with Crippen LogP contribution in [0.1, 0.15) is 33.3 Å². The summed E-state index contributed by atoms with van der Waals surface area (Å²) in [7, 11) is 0. The Bertz CT molecular complexity index is 1160. The molecule has 11 heteroatoms. The maximum atomic E-state index is 12.2. The van der Waals surface area contributed by atoms with Crippen LogP contribution >= 0.6 is 11.8 Å². The van der Waals surface area contributed by atoms with Crippen LogP contribution in [0.15, 0.2) is 41.7 Å². The van der Waals surface area contributed by atoms with Gasteiger partial charge in [-0.25, -0.2) is 14.6 Å². The lowest BCUT2D eigenvalue weighted by atomic mass is 10.2. The van der Waals surface area contributed by atoms with Crippen LogP contribution in [0.3, 0.4) is 0 Å². The van der Waals surface area contributed by atoms with E-state index in [9.17, 15) is 14.9 Å². The van der Waals surface area contributed by atoms with Crippen molar-refractivity contribution in [2.45, 2.75) is 50.7 Å². The molecule has 1 amide bonds. The molecule has 0 unspecified atom stereocenters. The number of thioether (sulfide) groups is 1. The van der Waals surface area contributed by atoms with Gasteiger partial charge in [-0.2, -0.15) is 5.10 Å². The van der Waals surface area contributed by atoms with E-state index < -0.39 is 4.92 Å². The van der Waals surface area contributed by atoms with E-state index in [4.69, 9.17) is 0 Å². The molecule has 2 heterocycles. The van der Waals surface area contributed by atoms with Crippen LogP contribution in [0.2, 0.25) is 0 Å². The molecule has 0 bridgehead atoms. The predicted octanol–water partition coefficient (Wildman–Crippen LogP) is 3.88. The zero-order valence-corrected chi connectivity index (χ0v) is 19.8. The first kappa shape index (κ1) is 24.2. The zero-order valence-electron chi connectivity index (χ0n) is 19.0. The second kappa shape index (κ2) is 10.9. The summed E-state index contributed by atoms with van der Waals surface area (Å²) in [5.74, 6) is 0.483. The number of nitrogens with one attached hydrogen (secondary N) is 2. The average Bonchev–Trinajstić information content (AvgIpc) is 3.15. The lowest BCUT2D eigenvalue weighted by Gasteiger charge is -2.12. The van der Waals surface area contributed by atoms with E-state index in [0.717, 1.165) is 11.2 Å². The Kier molecular flexibility index (Phi) is 7.99. The molecular weight excluding hydrogens is 442 g/mol. The third kappa shape index (κ3) is 6.75. The van der Waals surface area contributed by atoms with Crippen molar-refractivity contribution in [3.63, 3.8) is 0 Å². The summed E-state index contributed by atoms with van der Waals surface area (Å²) in [6.07, 6.45) is 4.74. The Labute approximate surface area is 196 Å². The van der Waals surface area contributed by atoms with Gasteiger partial charge in [0.25, 0.3) is 5.69 Å². The summed E-state index contributed by atoms with van der Waals surface area (Å²) in [4.78, 5) is 31.7. The molecule has 0 aliphatic rings. The fourth-order valence-corrected chi connectivity index (χ4v) is 3.67. The second-order valence-electron chi connectivity index (χ2n) is 7.90. The van der Waals surface area contributed by atoms with Gasteiger partial charge in [0.1, 0.15) is 5.82 Å². The molecule has 1 aromatic carbocycles. The molecule has 2 aromatic heterocycles. The number of carbonyl (C=O) groups excluding carboxylic acids is 1. The fraction of sp³-hybridized carbons (Fsp3) is 0.364. The van der Waals surface area contributed by atoms with Gasteiger partial charge in [-0.1, -0.05) is 25.6 Å². The van der Waals surface area contributed by atoms with Crippen LogP contribution in [0.4, 0.5) is 11.5 Å². The summed E-state index contributed by atoms with van der Waals surface area (Å²) >= 11 is 1.58. The molecule has 0 atom stereocenters. The van der Waals surface area contributed by atoms with E-state index in [0.29, 0.717) is 34.7 Å². The largest absolute Gasteiger partial charge is 0.367 e. The Morgan fingerprint density at radius 2 is 1.94 bits per heavy atom. The number of nitro benzene ring substituents is 1. The van der Waals surface area contributed by atoms with Crippen LogP contribution in [-0.2, 0) is 11.3 Å². The molecule has 3 aromatic rings. The fourth-order valence-electron chi connectivity index (χ4n) is 2.97. The highest BCUT2D eigenvalue weighted by atomic mass is 32.2. The molecule has 0 saturated heterocycles. The number of carbonyl (C=O) groups is 1. The number of non-ortho nitro benzene ring substituents is 1. The summed E-state index contributed by atoms with van der Waals surface area (Å²) in [6.45, 7) is 9.09. The Hall–Kier alpha value is -3.47. The van der Waals surface area contributed by atoms with Crippen LogP contribution < -0.4 is 10.6 Å². The van der Waals surface area contributed by atoms with E-state index in [1.165, 1.54) is 18.2 Å². The molecule has 3 rings (SSSR count). The zero-order chi connectivity index (χ0) is 24.0. The lowest BCUT2D eigenvalue weighted by molar-refractivity contribution is -0.384. The van der Waals surface area contributed by atoms with Gasteiger partial charge < -0.3 is 10.6 Å². The van der Waals surface area contributed by atoms with Crippen molar-refractivity contribution >= 4 is 46.3 Å². The lowest BCUT2D eigenvalue weighted by Crippen LogP contribution is -2.25. The highest BCUT2D eigenvalue weighted by molar-refractivity contribution is 7.99. The van der Waals surface area contributed by atoms with E-state index in [2.05, 4.69) is 39.5 Å². The molecule has 10 nitrogen and oxygen atoms in total. The molecule has 0 fully saturated rings. The summed E-state index contributed by atoms with van der Waals surface area (Å²) < 4.78 is 1.76. The number of rotatable bonds is 10. The first-order valence-corrected chi connectivity index (χ1v) is 11.5. The summed E-state index contributed by atoms with van der Waals surface area (Å²) in [5.41, 5.74) is 1.42. The number of hydrogen-bond donors (Lipinski definition) is 2. The van der Waals surface area contributed by atoms with Crippen molar-refractivity contribution in [2.24, 2.45) is 0 Å². The average molecular weight is 470 g/mol. The van der Waals surface area contributed by atoms with Gasteiger partial charge >= 0.3 is 0 Å².